The van der Waals surface area contributed by atoms with Gasteiger partial charge in [0.2, 0.25) is 0 Å². The molecule has 86 heavy (non-hydrogen) atoms. The Morgan fingerprint density at radius 1 is 0.267 bits per heavy atom. The molecule has 394 valence electrons. The minimum absolute atomic E-state index is 0.0288. The van der Waals surface area contributed by atoms with E-state index in [2.05, 4.69) is 54.6 Å². The lowest BCUT2D eigenvalue weighted by Crippen LogP contribution is -2.08. The van der Waals surface area contributed by atoms with Gasteiger partial charge in [0.1, 0.15) is 11.6 Å². The third-order valence-corrected chi connectivity index (χ3v) is 15.1. The van der Waals surface area contributed by atoms with Crippen LogP contribution in [0.15, 0.2) is 176 Å². The predicted molar refractivity (Wildman–Crippen MR) is 314 cm³/mol. The van der Waals surface area contributed by atoms with Gasteiger partial charge in [-0.05, 0) is 196 Å². The second-order valence-electron chi connectivity index (χ2n) is 20.1. The summed E-state index contributed by atoms with van der Waals surface area (Å²) >= 11 is 0. The highest BCUT2D eigenvalue weighted by Crippen LogP contribution is 2.46. The molecule has 2 aromatic heterocycles. The van der Waals surface area contributed by atoms with Gasteiger partial charge in [0.15, 0.2) is 0 Å². The summed E-state index contributed by atoms with van der Waals surface area (Å²) in [5.74, 6) is 0. The summed E-state index contributed by atoms with van der Waals surface area (Å²) in [6, 6.07) is 68.3. The molecule has 0 radical (unpaired) electrons. The first-order valence-corrected chi connectivity index (χ1v) is 25.9. The van der Waals surface area contributed by atoms with E-state index in [0.717, 1.165) is 12.1 Å². The van der Waals surface area contributed by atoms with Gasteiger partial charge in [0.05, 0.1) is 144 Å². The fourth-order valence-electron chi connectivity index (χ4n) is 11.3. The van der Waals surface area contributed by atoms with E-state index in [1.54, 1.807) is 102 Å². The number of alkyl halides is 3. The lowest BCUT2D eigenvalue weighted by Gasteiger charge is -2.21. The second-order valence-corrected chi connectivity index (χ2v) is 20.1. The fourth-order valence-corrected chi connectivity index (χ4v) is 11.3. The van der Waals surface area contributed by atoms with Crippen LogP contribution in [-0.4, -0.2) is 9.13 Å². The van der Waals surface area contributed by atoms with Crippen LogP contribution in [0.3, 0.4) is 0 Å². The third kappa shape index (κ3) is 9.09. The van der Waals surface area contributed by atoms with E-state index in [4.69, 9.17) is 0 Å². The number of aromatic nitrogens is 2. The van der Waals surface area contributed by atoms with E-state index in [0.29, 0.717) is 88.1 Å². The molecule has 12 aromatic rings. The topological polar surface area (TPSA) is 248 Å². The standard InChI is InChI=1S/C71H29F3N12/c72-71(73,74)58-24-48(38-83)23-57(25-58)59-5-10-69(85-65-6-1-49(53-15-40(30-75)11-41(16-53)31-76)26-60(65)61-27-50(2-7-66(61)85)54-17-42(32-77)12-43(18-54)33-78)64(39-84)70(59)86-67-8-3-51(55-19-44(34-79)13-45(20-55)35-80)28-62(67)63-29-52(4-9-68(63)86)56-21-46(36-81)14-47(22-56)37-82/h1-29H. The monoisotopic (exact) mass is 1110 g/mol. The van der Waals surface area contributed by atoms with Gasteiger partial charge in [0, 0.05) is 27.1 Å². The molecule has 0 spiro atoms. The molecule has 0 aliphatic carbocycles. The molecule has 0 amide bonds. The summed E-state index contributed by atoms with van der Waals surface area (Å²) in [5, 5.41) is 104. The smallest absolute Gasteiger partial charge is 0.308 e. The first kappa shape index (κ1) is 53.1. The number of rotatable bonds is 7. The molecule has 0 bridgehead atoms. The summed E-state index contributed by atoms with van der Waals surface area (Å²) in [5.41, 5.74) is 7.54. The number of nitrogens with zero attached hydrogens (tertiary/aromatic N) is 12. The Morgan fingerprint density at radius 2 is 0.558 bits per heavy atom. The first-order valence-electron chi connectivity index (χ1n) is 25.9. The van der Waals surface area contributed by atoms with Crippen LogP contribution in [0.1, 0.15) is 61.2 Å². The molecule has 0 saturated carbocycles. The van der Waals surface area contributed by atoms with Crippen molar-refractivity contribution in [3.63, 3.8) is 0 Å². The van der Waals surface area contributed by atoms with Crippen molar-refractivity contribution in [2.75, 3.05) is 0 Å². The second kappa shape index (κ2) is 20.9. The molecule has 0 fully saturated rings. The Morgan fingerprint density at radius 3 is 0.849 bits per heavy atom. The Labute approximate surface area is 487 Å². The van der Waals surface area contributed by atoms with Crippen molar-refractivity contribution in [2.45, 2.75) is 6.18 Å². The van der Waals surface area contributed by atoms with Crippen molar-refractivity contribution in [2.24, 2.45) is 0 Å². The zero-order valence-corrected chi connectivity index (χ0v) is 44.2. The molecule has 0 atom stereocenters. The number of halogens is 3. The van der Waals surface area contributed by atoms with Crippen LogP contribution >= 0.6 is 0 Å². The maximum Gasteiger partial charge on any atom is 0.416 e. The average molecular weight is 1110 g/mol. The van der Waals surface area contributed by atoms with Crippen LogP contribution in [-0.2, 0) is 6.18 Å². The highest BCUT2D eigenvalue weighted by Gasteiger charge is 2.33. The highest BCUT2D eigenvalue weighted by atomic mass is 19.4. The van der Waals surface area contributed by atoms with Gasteiger partial charge in [-0.2, -0.15) is 65.8 Å². The van der Waals surface area contributed by atoms with Gasteiger partial charge >= 0.3 is 6.18 Å². The maximum atomic E-state index is 15.0. The Bertz CT molecular complexity index is 5100. The number of fused-ring (bicyclic) bond motifs is 6. The molecular weight excluding hydrogens is 1080 g/mol. The van der Waals surface area contributed by atoms with Crippen LogP contribution in [0.5, 0.6) is 0 Å². The molecule has 12 rings (SSSR count). The minimum Gasteiger partial charge on any atom is -0.308 e. The lowest BCUT2D eigenvalue weighted by molar-refractivity contribution is -0.137. The number of benzene rings is 10. The number of nitriles is 10. The van der Waals surface area contributed by atoms with Crippen molar-refractivity contribution in [1.29, 1.82) is 52.6 Å². The lowest BCUT2D eigenvalue weighted by atomic mass is 9.95. The fraction of sp³-hybridized carbons (Fsp3) is 0.0141. The van der Waals surface area contributed by atoms with E-state index in [1.165, 1.54) is 30.3 Å². The number of hydrogen-bond donors (Lipinski definition) is 0. The average Bonchev–Trinajstić information content (AvgIpc) is 1.62. The van der Waals surface area contributed by atoms with Crippen LogP contribution in [0.25, 0.3) is 111 Å². The molecule has 0 unspecified atom stereocenters. The molecule has 0 aliphatic heterocycles. The van der Waals surface area contributed by atoms with Crippen molar-refractivity contribution >= 4 is 43.6 Å². The summed E-state index contributed by atoms with van der Waals surface area (Å²) in [6.07, 6.45) is -4.90. The summed E-state index contributed by atoms with van der Waals surface area (Å²) < 4.78 is 48.5. The van der Waals surface area contributed by atoms with Gasteiger partial charge in [-0.1, -0.05) is 30.3 Å². The van der Waals surface area contributed by atoms with Crippen LogP contribution in [0.4, 0.5) is 13.2 Å². The summed E-state index contributed by atoms with van der Waals surface area (Å²) in [6.45, 7) is 0. The Balaban J connectivity index is 1.22. The molecule has 2 heterocycles. The highest BCUT2D eigenvalue weighted by molar-refractivity contribution is 6.14. The van der Waals surface area contributed by atoms with Crippen molar-refractivity contribution in [1.82, 2.24) is 9.13 Å². The van der Waals surface area contributed by atoms with Gasteiger partial charge < -0.3 is 9.13 Å². The normalized spacial score (nSPS) is 10.8. The van der Waals surface area contributed by atoms with Crippen molar-refractivity contribution in [3.05, 3.63) is 237 Å². The van der Waals surface area contributed by atoms with Gasteiger partial charge in [-0.15, -0.1) is 0 Å². The SMILES string of the molecule is N#Cc1cc(C#N)cc(-c2ccc3c(c2)c2cc(-c4cc(C#N)cc(C#N)c4)ccc2n3-c2ccc(-c3cc(C#N)cc(C(F)(F)F)c3)c(-n3c4ccc(-c5cc(C#N)cc(C#N)c5)cc4c4cc(-c5cc(C#N)cc(C#N)c5)ccc43)c2C#N)c1. The van der Waals surface area contributed by atoms with E-state index >= 15 is 0 Å². The van der Waals surface area contributed by atoms with Crippen molar-refractivity contribution < 1.29 is 13.2 Å². The van der Waals surface area contributed by atoms with E-state index < -0.39 is 11.7 Å². The largest absolute Gasteiger partial charge is 0.416 e. The molecule has 10 aromatic carbocycles. The molecule has 15 heteroatoms. The Kier molecular flexibility index (Phi) is 12.9. The molecular formula is C71H29F3N12. The predicted octanol–water partition coefficient (Wildman–Crippen LogP) is 16.0. The van der Waals surface area contributed by atoms with Crippen LogP contribution in [0, 0.1) is 113 Å². The van der Waals surface area contributed by atoms with E-state index in [-0.39, 0.29) is 78.1 Å². The molecule has 0 saturated heterocycles. The maximum absolute atomic E-state index is 15.0. The van der Waals surface area contributed by atoms with Gasteiger partial charge in [-0.25, -0.2) is 0 Å². The summed E-state index contributed by atoms with van der Waals surface area (Å²) in [7, 11) is 0. The zero-order chi connectivity index (χ0) is 60.1. The zero-order valence-electron chi connectivity index (χ0n) is 44.2. The van der Waals surface area contributed by atoms with Crippen molar-refractivity contribution in [3.8, 4) is 128 Å². The molecule has 0 N–H and O–H groups in total. The first-order chi connectivity index (χ1) is 41.7. The quantitative estimate of drug-likeness (QED) is 0.146. The Hall–Kier alpha value is -13.5. The molecule has 0 aliphatic rings. The molecule has 12 nitrogen and oxygen atoms in total. The van der Waals surface area contributed by atoms with Gasteiger partial charge in [-0.3, -0.25) is 0 Å². The van der Waals surface area contributed by atoms with E-state index in [1.807, 2.05) is 47.0 Å². The van der Waals surface area contributed by atoms with Gasteiger partial charge in [0.25, 0.3) is 0 Å². The van der Waals surface area contributed by atoms with E-state index in [9.17, 15) is 65.8 Å². The third-order valence-electron chi connectivity index (χ3n) is 15.1. The van der Waals surface area contributed by atoms with Crippen LogP contribution < -0.4 is 0 Å². The summed E-state index contributed by atoms with van der Waals surface area (Å²) in [4.78, 5) is 0. The minimum atomic E-state index is -4.90. The number of hydrogen-bond acceptors (Lipinski definition) is 10. The van der Waals surface area contributed by atoms with Crippen LogP contribution in [0.2, 0.25) is 0 Å².